The highest BCUT2D eigenvalue weighted by Gasteiger charge is 2.10. The lowest BCUT2D eigenvalue weighted by atomic mass is 10.1. The van der Waals surface area contributed by atoms with Crippen molar-refractivity contribution in [3.63, 3.8) is 0 Å². The van der Waals surface area contributed by atoms with Gasteiger partial charge in [0.25, 0.3) is 12.0 Å². The minimum atomic E-state index is -0.318. The minimum Gasteiger partial charge on any atom is -0.462 e. The van der Waals surface area contributed by atoms with Crippen molar-refractivity contribution in [1.29, 1.82) is 0 Å². The largest absolute Gasteiger partial charge is 0.462 e. The van der Waals surface area contributed by atoms with E-state index in [0.29, 0.717) is 6.47 Å². The number of carbonyl (C=O) groups excluding carboxylic acids is 1. The monoisotopic (exact) mass is 315 g/mol. The molecule has 0 spiro atoms. The number of anilines is 1. The number of fused-ring (bicyclic) bond motifs is 1. The van der Waals surface area contributed by atoms with Crippen LogP contribution in [0.3, 0.4) is 0 Å². The van der Waals surface area contributed by atoms with Crippen molar-refractivity contribution >= 4 is 12.2 Å². The Morgan fingerprint density at radius 2 is 2.13 bits per heavy atom. The molecule has 0 saturated carbocycles. The maximum Gasteiger partial charge on any atom is 0.293 e. The Balaban J connectivity index is 0.000000236. The number of hydrogen-bond acceptors (Lipinski definition) is 5. The van der Waals surface area contributed by atoms with E-state index in [1.807, 2.05) is 32.9 Å². The van der Waals surface area contributed by atoms with Crippen molar-refractivity contribution in [2.45, 2.75) is 32.8 Å². The van der Waals surface area contributed by atoms with Gasteiger partial charge in [-0.2, -0.15) is 0 Å². The highest BCUT2D eigenvalue weighted by Crippen LogP contribution is 2.23. The van der Waals surface area contributed by atoms with Crippen molar-refractivity contribution in [3.8, 4) is 5.69 Å². The highest BCUT2D eigenvalue weighted by molar-refractivity contribution is 5.59. The van der Waals surface area contributed by atoms with Crippen LogP contribution in [0, 0.1) is 0 Å². The summed E-state index contributed by atoms with van der Waals surface area (Å²) in [6.45, 7) is 6.90. The molecule has 122 valence electrons. The van der Waals surface area contributed by atoms with Gasteiger partial charge in [-0.1, -0.05) is 0 Å². The predicted octanol–water partition coefficient (Wildman–Crippen LogP) is 2.16. The van der Waals surface area contributed by atoms with Gasteiger partial charge in [-0.3, -0.25) is 19.1 Å². The minimum absolute atomic E-state index is 0.103. The van der Waals surface area contributed by atoms with Crippen LogP contribution in [0.5, 0.6) is 0 Å². The summed E-state index contributed by atoms with van der Waals surface area (Å²) in [6, 6.07) is 6.01. The first-order valence-corrected chi connectivity index (χ1v) is 7.42. The third kappa shape index (κ3) is 4.67. The van der Waals surface area contributed by atoms with Gasteiger partial charge in [-0.25, -0.2) is 0 Å². The molecule has 0 aliphatic carbocycles. The number of nitrogens with one attached hydrogen (secondary N) is 1. The molecule has 2 heterocycles. The fraction of sp³-hybridized carbons (Fsp3) is 0.353. The van der Waals surface area contributed by atoms with Crippen LogP contribution in [0.4, 0.5) is 5.69 Å². The zero-order valence-corrected chi connectivity index (χ0v) is 13.6. The standard InChI is InChI=1S/C12H11N3O.C5H10O2/c16-12-8-13-5-6-15(12)10-1-2-11-9(7-10)3-4-14-11;1-5(2,3)7-4-6/h1-2,5-8,14H,3-4H2;4H,1-3H3. The summed E-state index contributed by atoms with van der Waals surface area (Å²) in [4.78, 5) is 25.0. The van der Waals surface area contributed by atoms with Gasteiger partial charge in [0.1, 0.15) is 5.60 Å². The van der Waals surface area contributed by atoms with Crippen LogP contribution < -0.4 is 10.9 Å². The maximum absolute atomic E-state index is 11.6. The first-order chi connectivity index (χ1) is 10.9. The number of rotatable bonds is 2. The van der Waals surface area contributed by atoms with Gasteiger partial charge in [0, 0.05) is 30.3 Å². The number of benzene rings is 1. The molecule has 0 radical (unpaired) electrons. The van der Waals surface area contributed by atoms with E-state index in [2.05, 4.69) is 21.1 Å². The summed E-state index contributed by atoms with van der Waals surface area (Å²) in [6.07, 6.45) is 5.65. The summed E-state index contributed by atoms with van der Waals surface area (Å²) < 4.78 is 6.15. The lowest BCUT2D eigenvalue weighted by Gasteiger charge is -2.14. The third-order valence-corrected chi connectivity index (χ3v) is 3.20. The lowest BCUT2D eigenvalue weighted by Crippen LogP contribution is -2.17. The van der Waals surface area contributed by atoms with Crippen LogP contribution in [-0.2, 0) is 16.0 Å². The number of carbonyl (C=O) groups is 1. The molecule has 0 bridgehead atoms. The Morgan fingerprint density at radius 3 is 2.74 bits per heavy atom. The van der Waals surface area contributed by atoms with E-state index in [4.69, 9.17) is 0 Å². The molecule has 0 atom stereocenters. The zero-order valence-electron chi connectivity index (χ0n) is 13.6. The molecule has 6 nitrogen and oxygen atoms in total. The smallest absolute Gasteiger partial charge is 0.293 e. The van der Waals surface area contributed by atoms with E-state index in [9.17, 15) is 9.59 Å². The van der Waals surface area contributed by atoms with Crippen molar-refractivity contribution in [3.05, 3.63) is 52.7 Å². The Hall–Kier alpha value is -2.63. The normalized spacial score (nSPS) is 12.5. The molecule has 3 rings (SSSR count). The van der Waals surface area contributed by atoms with Gasteiger partial charge >= 0.3 is 0 Å². The molecule has 1 N–H and O–H groups in total. The molecule has 2 aromatic rings. The summed E-state index contributed by atoms with van der Waals surface area (Å²) in [7, 11) is 0. The molecule has 1 aromatic heterocycles. The van der Waals surface area contributed by atoms with E-state index in [0.717, 1.165) is 18.7 Å². The number of ether oxygens (including phenoxy) is 1. The first-order valence-electron chi connectivity index (χ1n) is 7.42. The van der Waals surface area contributed by atoms with Crippen LogP contribution in [0.1, 0.15) is 26.3 Å². The number of aromatic nitrogens is 2. The quantitative estimate of drug-likeness (QED) is 0.860. The van der Waals surface area contributed by atoms with Gasteiger partial charge in [-0.05, 0) is 51.0 Å². The van der Waals surface area contributed by atoms with Crippen LogP contribution in [-0.4, -0.2) is 28.2 Å². The molecule has 1 aliphatic heterocycles. The van der Waals surface area contributed by atoms with Crippen LogP contribution in [0.25, 0.3) is 5.69 Å². The molecule has 23 heavy (non-hydrogen) atoms. The maximum atomic E-state index is 11.6. The summed E-state index contributed by atoms with van der Waals surface area (Å²) in [5.41, 5.74) is 2.91. The average Bonchev–Trinajstić information content (AvgIpc) is 2.94. The number of nitrogens with zero attached hydrogens (tertiary/aromatic N) is 2. The zero-order chi connectivity index (χ0) is 16.9. The van der Waals surface area contributed by atoms with Gasteiger partial charge in [0.05, 0.1) is 6.20 Å². The second kappa shape index (κ2) is 7.09. The SMILES string of the molecule is CC(C)(C)OC=O.O=c1cnccn1-c1ccc2c(c1)CCN2. The van der Waals surface area contributed by atoms with E-state index < -0.39 is 0 Å². The summed E-state index contributed by atoms with van der Waals surface area (Å²) >= 11 is 0. The summed E-state index contributed by atoms with van der Waals surface area (Å²) in [5.74, 6) is 0. The second-order valence-corrected chi connectivity index (χ2v) is 6.13. The van der Waals surface area contributed by atoms with Gasteiger partial charge in [-0.15, -0.1) is 0 Å². The van der Waals surface area contributed by atoms with E-state index in [-0.39, 0.29) is 11.2 Å². The summed E-state index contributed by atoms with van der Waals surface area (Å²) in [5, 5.41) is 3.29. The third-order valence-electron chi connectivity index (χ3n) is 3.20. The van der Waals surface area contributed by atoms with Crippen molar-refractivity contribution in [2.75, 3.05) is 11.9 Å². The predicted molar refractivity (Wildman–Crippen MR) is 88.9 cm³/mol. The molecule has 1 aliphatic rings. The van der Waals surface area contributed by atoms with Crippen molar-refractivity contribution < 1.29 is 9.53 Å². The molecule has 6 heteroatoms. The van der Waals surface area contributed by atoms with Crippen LogP contribution in [0.15, 0.2) is 41.6 Å². The highest BCUT2D eigenvalue weighted by atomic mass is 16.5. The van der Waals surface area contributed by atoms with Gasteiger partial charge in [0.2, 0.25) is 0 Å². The molecular weight excluding hydrogens is 294 g/mol. The Labute approximate surface area is 135 Å². The van der Waals surface area contributed by atoms with Gasteiger partial charge < -0.3 is 10.1 Å². The van der Waals surface area contributed by atoms with Crippen molar-refractivity contribution in [1.82, 2.24) is 9.55 Å². The van der Waals surface area contributed by atoms with E-state index >= 15 is 0 Å². The molecule has 0 fully saturated rings. The van der Waals surface area contributed by atoms with Gasteiger partial charge in [0.15, 0.2) is 0 Å². The Morgan fingerprint density at radius 1 is 1.35 bits per heavy atom. The fourth-order valence-corrected chi connectivity index (χ4v) is 2.15. The second-order valence-electron chi connectivity index (χ2n) is 6.13. The first kappa shape index (κ1) is 16.7. The topological polar surface area (TPSA) is 73.2 Å². The van der Waals surface area contributed by atoms with Crippen LogP contribution in [0.2, 0.25) is 0 Å². The van der Waals surface area contributed by atoms with E-state index in [1.54, 1.807) is 17.0 Å². The Bertz CT molecular complexity index is 732. The van der Waals surface area contributed by atoms with E-state index in [1.165, 1.54) is 17.4 Å². The molecule has 0 amide bonds. The average molecular weight is 315 g/mol. The van der Waals surface area contributed by atoms with Crippen LogP contribution >= 0.6 is 0 Å². The molecule has 0 unspecified atom stereocenters. The van der Waals surface area contributed by atoms with Crippen molar-refractivity contribution in [2.24, 2.45) is 0 Å². The molecular formula is C17H21N3O3. The lowest BCUT2D eigenvalue weighted by molar-refractivity contribution is -0.138. The number of hydrogen-bond donors (Lipinski definition) is 1. The molecule has 0 saturated heterocycles. The Kier molecular flexibility index (Phi) is 5.16. The fourth-order valence-electron chi connectivity index (χ4n) is 2.15. The molecule has 1 aromatic carbocycles.